The van der Waals surface area contributed by atoms with Crippen molar-refractivity contribution >= 4 is 28.1 Å². The summed E-state index contributed by atoms with van der Waals surface area (Å²) in [5, 5.41) is 3.94. The molecule has 1 N–H and O–H groups in total. The number of amides is 1. The summed E-state index contributed by atoms with van der Waals surface area (Å²) in [4.78, 5) is 11.6. The molecule has 0 aliphatic carbocycles. The van der Waals surface area contributed by atoms with Crippen LogP contribution in [0.4, 0.5) is 0 Å². The second kappa shape index (κ2) is 7.60. The number of hydrogen-bond donors (Lipinski definition) is 1. The lowest BCUT2D eigenvalue weighted by molar-refractivity contribution is -0.121. The van der Waals surface area contributed by atoms with Crippen LogP contribution in [-0.2, 0) is 11.2 Å². The highest BCUT2D eigenvalue weighted by molar-refractivity contribution is 9.10. The molecule has 2 aromatic rings. The Morgan fingerprint density at radius 2 is 1.80 bits per heavy atom. The summed E-state index contributed by atoms with van der Waals surface area (Å²) in [5.41, 5.74) is 4.63. The van der Waals surface area contributed by atoms with E-state index in [1.165, 1.54) is 0 Å². The van der Waals surface area contributed by atoms with Crippen molar-refractivity contribution < 1.29 is 4.79 Å². The smallest absolute Gasteiger partial charge is 0.240 e. The zero-order valence-electron chi connectivity index (χ0n) is 10.9. The van der Waals surface area contributed by atoms with Crippen LogP contribution in [0.25, 0.3) is 0 Å². The van der Waals surface area contributed by atoms with Crippen molar-refractivity contribution in [2.75, 3.05) is 0 Å². The van der Waals surface area contributed by atoms with Gasteiger partial charge in [-0.05, 0) is 29.7 Å². The Kier molecular flexibility index (Phi) is 5.50. The lowest BCUT2D eigenvalue weighted by atomic mass is 10.1. The molecule has 0 fully saturated rings. The normalized spacial score (nSPS) is 10.7. The lowest BCUT2D eigenvalue weighted by Gasteiger charge is -2.00. The molecule has 3 nitrogen and oxygen atoms in total. The van der Waals surface area contributed by atoms with Crippen molar-refractivity contribution in [2.45, 2.75) is 12.8 Å². The van der Waals surface area contributed by atoms with E-state index in [4.69, 9.17) is 0 Å². The van der Waals surface area contributed by atoms with Crippen LogP contribution >= 0.6 is 15.9 Å². The maximum Gasteiger partial charge on any atom is 0.240 e. The molecule has 0 saturated heterocycles. The summed E-state index contributed by atoms with van der Waals surface area (Å²) < 4.78 is 1.02. The fraction of sp³-hybridized carbons (Fsp3) is 0.125. The molecule has 0 spiro atoms. The highest BCUT2D eigenvalue weighted by Gasteiger charge is 2.00. The molecule has 20 heavy (non-hydrogen) atoms. The first-order chi connectivity index (χ1) is 9.74. The third-order valence-corrected chi connectivity index (χ3v) is 3.29. The van der Waals surface area contributed by atoms with Gasteiger partial charge in [-0.25, -0.2) is 5.43 Å². The van der Waals surface area contributed by atoms with Gasteiger partial charge in [0.2, 0.25) is 5.91 Å². The van der Waals surface area contributed by atoms with Gasteiger partial charge < -0.3 is 0 Å². The van der Waals surface area contributed by atoms with Crippen LogP contribution in [0.2, 0.25) is 0 Å². The molecule has 1 amide bonds. The fourth-order valence-electron chi connectivity index (χ4n) is 1.69. The summed E-state index contributed by atoms with van der Waals surface area (Å²) in [5.74, 6) is -0.0813. The highest BCUT2D eigenvalue weighted by Crippen LogP contribution is 2.08. The molecule has 0 aliphatic rings. The largest absolute Gasteiger partial charge is 0.273 e. The molecule has 2 aromatic carbocycles. The summed E-state index contributed by atoms with van der Waals surface area (Å²) >= 11 is 3.37. The number of hydrazone groups is 1. The van der Waals surface area contributed by atoms with Gasteiger partial charge in [-0.15, -0.1) is 0 Å². The minimum absolute atomic E-state index is 0.0813. The van der Waals surface area contributed by atoms with Gasteiger partial charge >= 0.3 is 0 Å². The van der Waals surface area contributed by atoms with Crippen LogP contribution in [0.3, 0.4) is 0 Å². The zero-order valence-corrected chi connectivity index (χ0v) is 12.5. The first kappa shape index (κ1) is 14.5. The summed E-state index contributed by atoms with van der Waals surface area (Å²) in [6, 6.07) is 17.6. The van der Waals surface area contributed by atoms with Crippen LogP contribution < -0.4 is 5.43 Å². The Morgan fingerprint density at radius 3 is 2.50 bits per heavy atom. The number of rotatable bonds is 5. The van der Waals surface area contributed by atoms with Crippen LogP contribution in [0.1, 0.15) is 17.5 Å². The number of benzene rings is 2. The third kappa shape index (κ3) is 4.97. The number of nitrogens with zero attached hydrogens (tertiary/aromatic N) is 1. The SMILES string of the molecule is O=C(CCc1ccccc1)N/N=C/c1ccc(Br)cc1. The number of halogens is 1. The van der Waals surface area contributed by atoms with Crippen molar-refractivity contribution in [1.29, 1.82) is 0 Å². The van der Waals surface area contributed by atoms with Gasteiger partial charge in [-0.3, -0.25) is 4.79 Å². The summed E-state index contributed by atoms with van der Waals surface area (Å²) in [6.07, 6.45) is 2.79. The molecule has 2 rings (SSSR count). The molecule has 4 heteroatoms. The molecule has 0 radical (unpaired) electrons. The number of carbonyl (C=O) groups is 1. The van der Waals surface area contributed by atoms with Crippen molar-refractivity contribution in [3.63, 3.8) is 0 Å². The second-order valence-electron chi connectivity index (χ2n) is 4.33. The second-order valence-corrected chi connectivity index (χ2v) is 5.25. The van der Waals surface area contributed by atoms with Gasteiger partial charge in [0, 0.05) is 10.9 Å². The quantitative estimate of drug-likeness (QED) is 0.661. The van der Waals surface area contributed by atoms with Crippen LogP contribution in [0.15, 0.2) is 64.2 Å². The molecular weight excluding hydrogens is 316 g/mol. The maximum absolute atomic E-state index is 11.6. The van der Waals surface area contributed by atoms with E-state index in [0.29, 0.717) is 6.42 Å². The number of hydrogen-bond acceptors (Lipinski definition) is 2. The summed E-state index contributed by atoms with van der Waals surface area (Å²) in [6.45, 7) is 0. The predicted octanol–water partition coefficient (Wildman–Crippen LogP) is 3.53. The minimum atomic E-state index is -0.0813. The average Bonchev–Trinajstić information content (AvgIpc) is 2.48. The van der Waals surface area contributed by atoms with Gasteiger partial charge in [-0.2, -0.15) is 5.10 Å². The monoisotopic (exact) mass is 330 g/mol. The van der Waals surface area contributed by atoms with Crippen molar-refractivity contribution in [1.82, 2.24) is 5.43 Å². The first-order valence-corrected chi connectivity index (χ1v) is 7.15. The summed E-state index contributed by atoms with van der Waals surface area (Å²) in [7, 11) is 0. The topological polar surface area (TPSA) is 41.5 Å². The predicted molar refractivity (Wildman–Crippen MR) is 84.6 cm³/mol. The molecule has 0 heterocycles. The first-order valence-electron chi connectivity index (χ1n) is 6.35. The van der Waals surface area contributed by atoms with E-state index in [9.17, 15) is 4.79 Å². The Morgan fingerprint density at radius 1 is 1.10 bits per heavy atom. The molecule has 0 saturated carbocycles. The molecular formula is C16H15BrN2O. The Balaban J connectivity index is 1.76. The van der Waals surface area contributed by atoms with Crippen LogP contribution in [0, 0.1) is 0 Å². The molecule has 0 aromatic heterocycles. The van der Waals surface area contributed by atoms with E-state index in [2.05, 4.69) is 26.5 Å². The van der Waals surface area contributed by atoms with E-state index >= 15 is 0 Å². The molecule has 102 valence electrons. The van der Waals surface area contributed by atoms with Gasteiger partial charge in [0.1, 0.15) is 0 Å². The standard InChI is InChI=1S/C16H15BrN2O/c17-15-9-6-14(7-10-15)12-18-19-16(20)11-8-13-4-2-1-3-5-13/h1-7,9-10,12H,8,11H2,(H,19,20)/b18-12+. The Labute approximate surface area is 126 Å². The third-order valence-electron chi connectivity index (χ3n) is 2.76. The minimum Gasteiger partial charge on any atom is -0.273 e. The van der Waals surface area contributed by atoms with Crippen LogP contribution in [-0.4, -0.2) is 12.1 Å². The Bertz CT molecular complexity index is 579. The molecule has 0 unspecified atom stereocenters. The van der Waals surface area contributed by atoms with Crippen LogP contribution in [0.5, 0.6) is 0 Å². The Hall–Kier alpha value is -1.94. The molecule has 0 atom stereocenters. The number of carbonyl (C=O) groups excluding carboxylic acids is 1. The van der Waals surface area contributed by atoms with E-state index < -0.39 is 0 Å². The van der Waals surface area contributed by atoms with E-state index in [-0.39, 0.29) is 5.91 Å². The van der Waals surface area contributed by atoms with Crippen molar-refractivity contribution in [2.24, 2.45) is 5.10 Å². The average molecular weight is 331 g/mol. The van der Waals surface area contributed by atoms with Crippen molar-refractivity contribution in [3.8, 4) is 0 Å². The van der Waals surface area contributed by atoms with Gasteiger partial charge in [0.15, 0.2) is 0 Å². The van der Waals surface area contributed by atoms with Gasteiger partial charge in [-0.1, -0.05) is 58.4 Å². The van der Waals surface area contributed by atoms with Gasteiger partial charge in [0.05, 0.1) is 6.21 Å². The number of nitrogens with one attached hydrogen (secondary N) is 1. The fourth-order valence-corrected chi connectivity index (χ4v) is 1.95. The van der Waals surface area contributed by atoms with E-state index in [0.717, 1.165) is 22.0 Å². The maximum atomic E-state index is 11.6. The molecule has 0 aliphatic heterocycles. The molecule has 0 bridgehead atoms. The highest BCUT2D eigenvalue weighted by atomic mass is 79.9. The zero-order chi connectivity index (χ0) is 14.2. The lowest BCUT2D eigenvalue weighted by Crippen LogP contribution is -2.17. The van der Waals surface area contributed by atoms with E-state index in [1.54, 1.807) is 6.21 Å². The van der Waals surface area contributed by atoms with E-state index in [1.807, 2.05) is 54.6 Å². The van der Waals surface area contributed by atoms with Crippen molar-refractivity contribution in [3.05, 3.63) is 70.2 Å². The number of aryl methyl sites for hydroxylation is 1. The van der Waals surface area contributed by atoms with Gasteiger partial charge in [0.25, 0.3) is 0 Å².